The number of nitrogens with two attached hydrogens (primary N) is 1. The molecule has 11 nitrogen and oxygen atoms in total. The molecule has 0 radical (unpaired) electrons. The Morgan fingerprint density at radius 3 is 2.13 bits per heavy atom. The number of carbonyl (C=O) groups is 4. The Balaban J connectivity index is 1.28. The normalized spacial score (nSPS) is 15.0. The number of carbonyl (C=O) groups excluding carboxylic acids is 4. The third-order valence-corrected chi connectivity index (χ3v) is 9.29. The van der Waals surface area contributed by atoms with Gasteiger partial charge in [0.2, 0.25) is 21.8 Å². The Labute approximate surface area is 276 Å². The Morgan fingerprint density at radius 1 is 0.894 bits per heavy atom. The number of primary sulfonamides is 1. The Morgan fingerprint density at radius 2 is 1.53 bits per heavy atom. The van der Waals surface area contributed by atoms with Gasteiger partial charge in [0.05, 0.1) is 15.8 Å². The van der Waals surface area contributed by atoms with Crippen molar-refractivity contribution in [2.45, 2.75) is 21.5 Å². The predicted octanol–water partition coefficient (Wildman–Crippen LogP) is 4.23. The van der Waals surface area contributed by atoms with Gasteiger partial charge in [0, 0.05) is 42.3 Å². The van der Waals surface area contributed by atoms with E-state index >= 15 is 0 Å². The van der Waals surface area contributed by atoms with Crippen molar-refractivity contribution < 1.29 is 27.6 Å². The Hall–Kier alpha value is -5.24. The second kappa shape index (κ2) is 14.0. The summed E-state index contributed by atoms with van der Waals surface area (Å²) in [6, 6.07) is 28.0. The van der Waals surface area contributed by atoms with Gasteiger partial charge in [-0.05, 0) is 84.4 Å². The van der Waals surface area contributed by atoms with Gasteiger partial charge in [-0.15, -0.1) is 11.8 Å². The quantitative estimate of drug-likeness (QED) is 0.167. The number of anilines is 3. The van der Waals surface area contributed by atoms with Gasteiger partial charge in [0.1, 0.15) is 5.70 Å². The Kier molecular flexibility index (Phi) is 9.89. The van der Waals surface area contributed by atoms with Crippen LogP contribution in [0.25, 0.3) is 6.08 Å². The Bertz CT molecular complexity index is 1950. The summed E-state index contributed by atoms with van der Waals surface area (Å²) >= 11 is 1.20. The third-order valence-electron chi connectivity index (χ3n) is 7.17. The highest BCUT2D eigenvalue weighted by atomic mass is 32.2. The molecule has 4 N–H and O–H groups in total. The van der Waals surface area contributed by atoms with Crippen molar-refractivity contribution in [2.24, 2.45) is 5.14 Å². The van der Waals surface area contributed by atoms with Crippen molar-refractivity contribution in [3.63, 3.8) is 0 Å². The van der Waals surface area contributed by atoms with E-state index in [1.54, 1.807) is 60.7 Å². The number of thioether (sulfide) groups is 1. The number of imide groups is 1. The molecule has 1 unspecified atom stereocenters. The summed E-state index contributed by atoms with van der Waals surface area (Å²) in [5.74, 6) is -1.81. The summed E-state index contributed by atoms with van der Waals surface area (Å²) in [5.41, 5.74) is 2.84. The van der Waals surface area contributed by atoms with Gasteiger partial charge in [-0.25, -0.2) is 18.5 Å². The molecule has 1 aliphatic rings. The fourth-order valence-corrected chi connectivity index (χ4v) is 6.28. The van der Waals surface area contributed by atoms with Crippen LogP contribution in [0.5, 0.6) is 0 Å². The molecule has 4 amide bonds. The van der Waals surface area contributed by atoms with E-state index in [0.717, 1.165) is 10.6 Å². The van der Waals surface area contributed by atoms with Crippen LogP contribution in [-0.4, -0.2) is 51.4 Å². The van der Waals surface area contributed by atoms with Crippen LogP contribution in [0.15, 0.2) is 119 Å². The highest BCUT2D eigenvalue weighted by Crippen LogP contribution is 2.34. The number of amides is 4. The lowest BCUT2D eigenvalue weighted by Crippen LogP contribution is -2.31. The summed E-state index contributed by atoms with van der Waals surface area (Å²) in [4.78, 5) is 55.7. The van der Waals surface area contributed by atoms with E-state index in [2.05, 4.69) is 10.6 Å². The first-order valence-corrected chi connectivity index (χ1v) is 16.7. The van der Waals surface area contributed by atoms with E-state index in [1.807, 2.05) is 43.3 Å². The van der Waals surface area contributed by atoms with Gasteiger partial charge in [-0.3, -0.25) is 19.2 Å². The molecule has 0 aromatic heterocycles. The molecular formula is C34H31N5O6S2. The highest BCUT2D eigenvalue weighted by Gasteiger charge is 2.40. The van der Waals surface area contributed by atoms with Gasteiger partial charge in [0.15, 0.2) is 0 Å². The molecule has 1 heterocycles. The van der Waals surface area contributed by atoms with Crippen LogP contribution >= 0.6 is 11.8 Å². The van der Waals surface area contributed by atoms with Crippen molar-refractivity contribution in [1.29, 1.82) is 0 Å². The maximum absolute atomic E-state index is 13.4. The zero-order valence-electron chi connectivity index (χ0n) is 25.4. The van der Waals surface area contributed by atoms with E-state index < -0.39 is 38.9 Å². The molecular weight excluding hydrogens is 639 g/mol. The van der Waals surface area contributed by atoms with Crippen molar-refractivity contribution in [1.82, 2.24) is 5.32 Å². The van der Waals surface area contributed by atoms with Crippen molar-refractivity contribution >= 4 is 68.6 Å². The van der Waals surface area contributed by atoms with Gasteiger partial charge in [-0.1, -0.05) is 30.3 Å². The maximum atomic E-state index is 13.4. The molecule has 1 atom stereocenters. The number of sulfonamides is 1. The average molecular weight is 670 g/mol. The second-order valence-corrected chi connectivity index (χ2v) is 13.6. The topological polar surface area (TPSA) is 159 Å². The van der Waals surface area contributed by atoms with E-state index in [9.17, 15) is 27.6 Å². The summed E-state index contributed by atoms with van der Waals surface area (Å²) in [5, 5.41) is 9.98. The largest absolute Gasteiger partial charge is 0.378 e. The van der Waals surface area contributed by atoms with Gasteiger partial charge in [-0.2, -0.15) is 0 Å². The summed E-state index contributed by atoms with van der Waals surface area (Å²) < 4.78 is 23.1. The van der Waals surface area contributed by atoms with E-state index in [-0.39, 0.29) is 22.7 Å². The SMILES string of the molecule is CN(C)c1ccc(/C=C(\NC(=O)c2ccccc2)C(=O)Nc2ccc(SC3CC(=O)N(c4ccc(S(N)(=O)=O)cc4)C3=O)cc2)cc1. The van der Waals surface area contributed by atoms with Crippen LogP contribution in [-0.2, 0) is 24.4 Å². The second-order valence-electron chi connectivity index (χ2n) is 10.8. The molecule has 1 saturated heterocycles. The minimum absolute atomic E-state index is 0.0380. The molecule has 1 fully saturated rings. The van der Waals surface area contributed by atoms with Crippen LogP contribution in [0.4, 0.5) is 17.1 Å². The van der Waals surface area contributed by atoms with Crippen molar-refractivity contribution in [2.75, 3.05) is 29.2 Å². The van der Waals surface area contributed by atoms with E-state index in [1.165, 1.54) is 36.0 Å². The number of benzene rings is 4. The summed E-state index contributed by atoms with van der Waals surface area (Å²) in [7, 11) is -0.0661. The number of nitrogens with one attached hydrogen (secondary N) is 2. The van der Waals surface area contributed by atoms with Crippen molar-refractivity contribution in [3.05, 3.63) is 120 Å². The molecule has 1 aliphatic heterocycles. The van der Waals surface area contributed by atoms with Crippen LogP contribution in [0, 0.1) is 0 Å². The lowest BCUT2D eigenvalue weighted by Gasteiger charge is -2.15. The lowest BCUT2D eigenvalue weighted by molar-refractivity contribution is -0.121. The molecule has 4 aromatic carbocycles. The highest BCUT2D eigenvalue weighted by molar-refractivity contribution is 8.00. The molecule has 5 rings (SSSR count). The molecule has 0 spiro atoms. The van der Waals surface area contributed by atoms with Crippen molar-refractivity contribution in [3.8, 4) is 0 Å². The van der Waals surface area contributed by atoms with Gasteiger partial charge >= 0.3 is 0 Å². The minimum atomic E-state index is -3.92. The molecule has 47 heavy (non-hydrogen) atoms. The molecule has 0 aliphatic carbocycles. The number of nitrogens with zero attached hydrogens (tertiary/aromatic N) is 2. The van der Waals surface area contributed by atoms with Gasteiger partial charge < -0.3 is 15.5 Å². The van der Waals surface area contributed by atoms with E-state index in [0.29, 0.717) is 21.7 Å². The number of hydrogen-bond donors (Lipinski definition) is 3. The molecule has 13 heteroatoms. The molecule has 240 valence electrons. The summed E-state index contributed by atoms with van der Waals surface area (Å²) in [6.07, 6.45) is 1.56. The lowest BCUT2D eigenvalue weighted by atomic mass is 10.1. The smallest absolute Gasteiger partial charge is 0.272 e. The van der Waals surface area contributed by atoms with Gasteiger partial charge in [0.25, 0.3) is 11.8 Å². The first-order valence-electron chi connectivity index (χ1n) is 14.3. The first-order chi connectivity index (χ1) is 22.4. The average Bonchev–Trinajstić information content (AvgIpc) is 3.33. The van der Waals surface area contributed by atoms with Crippen LogP contribution in [0.3, 0.4) is 0 Å². The molecule has 0 bridgehead atoms. The minimum Gasteiger partial charge on any atom is -0.378 e. The number of hydrogen-bond acceptors (Lipinski definition) is 8. The first kappa shape index (κ1) is 33.1. The standard InChI is InChI=1S/C34H31N5O6S2/c1-38(2)25-12-8-22(9-13-25)20-29(37-32(41)23-6-4-3-5-7-23)33(42)36-24-10-16-27(17-11-24)46-30-21-31(40)39(34(30)43)26-14-18-28(19-15-26)47(35,44)45/h3-20,30H,21H2,1-2H3,(H,36,42)(H,37,41)(H2,35,44,45)/b29-20-. The summed E-state index contributed by atoms with van der Waals surface area (Å²) in [6.45, 7) is 0. The maximum Gasteiger partial charge on any atom is 0.272 e. The predicted molar refractivity (Wildman–Crippen MR) is 182 cm³/mol. The monoisotopic (exact) mass is 669 g/mol. The fraction of sp³-hybridized carbons (Fsp3) is 0.118. The fourth-order valence-electron chi connectivity index (χ4n) is 4.71. The third kappa shape index (κ3) is 8.14. The zero-order valence-corrected chi connectivity index (χ0v) is 27.0. The zero-order chi connectivity index (χ0) is 33.7. The van der Waals surface area contributed by atoms with Crippen LogP contribution in [0.2, 0.25) is 0 Å². The number of rotatable bonds is 10. The molecule has 0 saturated carbocycles. The van der Waals surface area contributed by atoms with Crippen LogP contribution < -0.4 is 25.6 Å². The van der Waals surface area contributed by atoms with E-state index in [4.69, 9.17) is 5.14 Å². The van der Waals surface area contributed by atoms with Crippen LogP contribution in [0.1, 0.15) is 22.3 Å². The molecule has 4 aromatic rings.